The number of halogens is 5. The second kappa shape index (κ2) is 69.2. The van der Waals surface area contributed by atoms with E-state index in [0.717, 1.165) is 10.0 Å². The number of hydrogen-bond donors (Lipinski definition) is 1. The van der Waals surface area contributed by atoms with Crippen LogP contribution < -0.4 is 63.7 Å². The number of rotatable bonds is 20. The molecule has 133 heavy (non-hydrogen) atoms. The van der Waals surface area contributed by atoms with Crippen molar-refractivity contribution in [2.45, 2.75) is 19.2 Å². The summed E-state index contributed by atoms with van der Waals surface area (Å²) in [7, 11) is 59.3. The summed E-state index contributed by atoms with van der Waals surface area (Å²) < 4.78 is 40.9. The van der Waals surface area contributed by atoms with Crippen LogP contribution in [0, 0.1) is 77.6 Å². The van der Waals surface area contributed by atoms with Gasteiger partial charge in [-0.1, -0.05) is 396 Å². The molecular formula is C97H78B19Br2F3N5P4PdSZn. The van der Waals surface area contributed by atoms with Gasteiger partial charge in [-0.05, 0) is 180 Å². The van der Waals surface area contributed by atoms with Gasteiger partial charge in [0.15, 0.2) is 0 Å². The van der Waals surface area contributed by atoms with Crippen LogP contribution in [0.1, 0.15) is 27.8 Å². The van der Waals surface area contributed by atoms with Crippen molar-refractivity contribution >= 4 is 276 Å². The van der Waals surface area contributed by atoms with Gasteiger partial charge in [-0.3, -0.25) is 0 Å². The van der Waals surface area contributed by atoms with Gasteiger partial charge in [-0.25, -0.2) is 13.2 Å². The molecule has 0 aliphatic heterocycles. The molecule has 21 radical (unpaired) electrons. The zero-order valence-electron chi connectivity index (χ0n) is 73.4. The summed E-state index contributed by atoms with van der Waals surface area (Å²) in [5.41, 5.74) is 3.34. The van der Waals surface area contributed by atoms with Gasteiger partial charge in [-0.2, -0.15) is 10.5 Å². The zero-order chi connectivity index (χ0) is 95.7. The van der Waals surface area contributed by atoms with Gasteiger partial charge in [0.2, 0.25) is 0 Å². The van der Waals surface area contributed by atoms with Crippen molar-refractivity contribution in [2.75, 3.05) is 0 Å². The van der Waals surface area contributed by atoms with Crippen LogP contribution in [0.15, 0.2) is 427 Å². The predicted octanol–water partition coefficient (Wildman–Crippen LogP) is 14.8. The van der Waals surface area contributed by atoms with E-state index >= 15 is 0 Å². The summed E-state index contributed by atoms with van der Waals surface area (Å²) in [5, 5.41) is 46.8. The molecule has 0 amide bonds. The Labute approximate surface area is 858 Å². The molecule has 0 N–H and O–H groups in total. The van der Waals surface area contributed by atoms with Crippen LogP contribution in [0.4, 0.5) is 13.2 Å². The molecule has 5 nitrogen and oxygen atoms in total. The molecule has 0 unspecified atom stereocenters. The molecule has 15 aromatic carbocycles. The van der Waals surface area contributed by atoms with Gasteiger partial charge in [0.1, 0.15) is 17.5 Å². The van der Waals surface area contributed by atoms with Crippen LogP contribution in [-0.2, 0) is 45.2 Å². The number of nitrogens with zero attached hydrogens (tertiary/aromatic N) is 5. The molecule has 0 saturated carbocycles. The third-order valence-electron chi connectivity index (χ3n) is 19.0. The molecule has 621 valence electrons. The Morgan fingerprint density at radius 1 is 0.301 bits per heavy atom. The summed E-state index contributed by atoms with van der Waals surface area (Å²) in [6.45, 7) is 13.1. The number of thiol groups is 1. The Bertz CT molecular complexity index is 4920. The van der Waals surface area contributed by atoms with Crippen molar-refractivity contribution in [2.24, 2.45) is 4.30 Å². The molecule has 0 aromatic heterocycles. The average Bonchev–Trinajstić information content (AvgIpc) is 0.864. The number of hydrogen-bond acceptors (Lipinski definition) is 6. The first kappa shape index (κ1) is 119. The molecule has 0 fully saturated rings. The van der Waals surface area contributed by atoms with Crippen molar-refractivity contribution in [3.63, 3.8) is 0 Å². The Morgan fingerprint density at radius 3 is 0.617 bits per heavy atom. The quantitative estimate of drug-likeness (QED) is 0.0270. The predicted molar refractivity (Wildman–Crippen MR) is 590 cm³/mol. The fourth-order valence-corrected chi connectivity index (χ4v) is 23.1. The molecule has 15 aromatic rings. The Morgan fingerprint density at radius 2 is 0.466 bits per heavy atom. The van der Waals surface area contributed by atoms with Gasteiger partial charge in [0.05, 0.1) is 23.3 Å². The summed E-state index contributed by atoms with van der Waals surface area (Å²) in [6, 6.07) is 146. The van der Waals surface area contributed by atoms with Crippen molar-refractivity contribution < 1.29 is 53.1 Å². The first-order chi connectivity index (χ1) is 63.5. The first-order valence-corrected chi connectivity index (χ1v) is 48.4. The van der Waals surface area contributed by atoms with Crippen LogP contribution in [0.5, 0.6) is 0 Å². The van der Waals surface area contributed by atoms with Crippen LogP contribution in [0.25, 0.3) is 0 Å². The van der Waals surface area contributed by atoms with E-state index in [-0.39, 0.29) is 57.4 Å². The van der Waals surface area contributed by atoms with Crippen LogP contribution >= 0.6 is 76.4 Å². The van der Waals surface area contributed by atoms with Crippen LogP contribution in [0.2, 0.25) is 0 Å². The molecule has 0 heterocycles. The van der Waals surface area contributed by atoms with E-state index < -0.39 is 82.8 Å². The number of aryl methyl sites for hydroxylation is 2. The van der Waals surface area contributed by atoms with E-state index in [4.69, 9.17) is 112 Å². The minimum atomic E-state index is -0.853. The second-order valence-electron chi connectivity index (χ2n) is 28.1. The minimum absolute atomic E-state index is 0. The van der Waals surface area contributed by atoms with E-state index in [2.05, 4.69) is 421 Å². The number of alkyl halides is 1. The summed E-state index contributed by atoms with van der Waals surface area (Å²) in [4.78, 5) is 0. The Kier molecular flexibility index (Phi) is 61.7. The smallest absolute Gasteiger partial charge is 0.512 e. The average molecular weight is 2060 g/mol. The van der Waals surface area contributed by atoms with E-state index in [0.29, 0.717) is 27.6 Å². The Balaban J connectivity index is 0.000000391. The third-order valence-corrected chi connectivity index (χ3v) is 30.3. The third kappa shape index (κ3) is 41.9. The zero-order valence-corrected chi connectivity index (χ0v) is 85.6. The molecule has 36 heteroatoms. The van der Waals surface area contributed by atoms with E-state index in [1.165, 1.54) is 112 Å². The normalized spacial score (nSPS) is 9.48. The maximum absolute atomic E-state index is 12.5. The summed E-state index contributed by atoms with van der Waals surface area (Å²) in [5.74, 6) is -0.786. The largest absolute Gasteiger partial charge is 2.00 e. The van der Waals surface area contributed by atoms with Gasteiger partial charge < -0.3 is 23.7 Å². The molecule has 0 bridgehead atoms. The van der Waals surface area contributed by atoms with Crippen molar-refractivity contribution in [1.29, 1.82) is 21.0 Å². The fraction of sp³-hybridized carbons (Fsp3) is 0.0309. The molecule has 0 spiro atoms. The van der Waals surface area contributed by atoms with E-state index in [1.807, 2.05) is 19.1 Å². The summed E-state index contributed by atoms with van der Waals surface area (Å²) >= 11 is 9.62. The molecule has 0 saturated heterocycles. The van der Waals surface area contributed by atoms with Gasteiger partial charge in [0.25, 0.3) is 0 Å². The van der Waals surface area contributed by atoms with Crippen LogP contribution in [0.3, 0.4) is 0 Å². The SMILES string of the molecule is Cc1cc(F)ccc1Br.Cc1cc(F)ccc1C#N.N#Cc1ccc(F)cc1CBr.[B]=NS.[B]B([B])B(B([B])[B])B(B([B])[B])B(B([B])[B])B([B])[B].[C-]#N.[C-]#N.[Pd].[Zn+2].c1ccc(P(c2ccccc2)c2ccccc2)cc1.c1ccc(P(c2ccccc2)c2ccccc2)cc1.c1ccc(P(c2ccccc2)c2ccccc2)cc1.c1ccc(P(c2ccccc2)c2ccccc2)cc1. The van der Waals surface area contributed by atoms with E-state index in [1.54, 1.807) is 13.0 Å². The van der Waals surface area contributed by atoms with Crippen molar-refractivity contribution in [3.05, 3.63) is 481 Å². The maximum Gasteiger partial charge on any atom is 2.00 e. The van der Waals surface area contributed by atoms with E-state index in [9.17, 15) is 13.2 Å². The van der Waals surface area contributed by atoms with Gasteiger partial charge >= 0.3 is 44.2 Å². The molecule has 15 rings (SSSR count). The van der Waals surface area contributed by atoms with Crippen molar-refractivity contribution in [3.8, 4) is 12.1 Å². The Hall–Kier alpha value is -8.60. The summed E-state index contributed by atoms with van der Waals surface area (Å²) in [6.07, 6.45) is -6.04. The topological polar surface area (TPSA) is 108 Å². The minimum Gasteiger partial charge on any atom is -0.512 e. The molecule has 0 aliphatic carbocycles. The van der Waals surface area contributed by atoms with Crippen LogP contribution in [-0.4, -0.2) is 136 Å². The molecule has 0 atom stereocenters. The second-order valence-corrected chi connectivity index (χ2v) is 38.6. The van der Waals surface area contributed by atoms with Gasteiger partial charge in [0, 0.05) is 159 Å². The standard InChI is InChI=1S/4C18H15P.C8H5BrFN.C8H6FN.C7H6BrF.2CN.B18.BHNS.Pd.Zn/c4*1-4-10-16(11-5-1)19(17-12-6-2-7-13-17)18-14-8-3-9-15-18;9-4-7-3-8(10)2-1-6(7)5-11;1-6-4-8(9)3-2-7(6)5-10;1-5-4-6(9)2-3-7(5)8;2*1-2;1-11(2)16(12(3)4)18(15(9)10)17(13(5)6)14(7)8;1-2-3;;/h4*1-15H;1-3H,4H2;2-4H,1H3;2-4H,1H3;;;;3H;;/q;;;;;;;2*-1;;;;+2. The van der Waals surface area contributed by atoms with Crippen molar-refractivity contribution in [1.82, 2.24) is 0 Å². The maximum atomic E-state index is 12.5. The van der Waals surface area contributed by atoms with Gasteiger partial charge in [-0.15, -0.1) is 0 Å². The molecular weight excluding hydrogens is 1990 g/mol. The molecule has 0 aliphatic rings. The fourth-order valence-electron chi connectivity index (χ4n) is 13.2. The number of benzene rings is 15. The first-order valence-electron chi connectivity index (χ1n) is 40.7. The number of nitriles is 2. The monoisotopic (exact) mass is 2060 g/mol.